The van der Waals surface area contributed by atoms with Gasteiger partial charge in [0.05, 0.1) is 26.1 Å². The maximum absolute atomic E-state index is 13.7. The molecule has 3 aliphatic heterocycles. The Morgan fingerprint density at radius 1 is 1.06 bits per heavy atom. The number of fused-ring (bicyclic) bond motifs is 4. The van der Waals surface area contributed by atoms with E-state index in [0.29, 0.717) is 29.2 Å². The molecule has 10 heteroatoms. The first-order valence-electron chi connectivity index (χ1n) is 11.3. The second-order valence-corrected chi connectivity index (χ2v) is 9.00. The van der Waals surface area contributed by atoms with Crippen LogP contribution in [0.5, 0.6) is 11.5 Å². The summed E-state index contributed by atoms with van der Waals surface area (Å²) in [6.07, 6.45) is 0.224. The normalized spacial score (nSPS) is 26.6. The van der Waals surface area contributed by atoms with Crippen molar-refractivity contribution in [3.05, 3.63) is 53.6 Å². The van der Waals surface area contributed by atoms with Crippen molar-refractivity contribution < 1.29 is 28.7 Å². The predicted octanol–water partition coefficient (Wildman–Crippen LogP) is 0.542. The van der Waals surface area contributed by atoms with E-state index in [2.05, 4.69) is 10.6 Å². The molecule has 3 heterocycles. The standard InChI is InChI=1S/C25H26N4O6/c1-34-17-8-7-13(11-18(17)35-2)9-10-29-22(31)20-16(12-19(26)30)28-25(21(20)23(29)32)14-5-3-4-6-15(14)27-24(25)33/h3-8,11,16,20-21,28H,9-10,12H2,1-2H3,(H2,26,30)(H,27,33). The first-order chi connectivity index (χ1) is 16.8. The molecule has 4 unspecified atom stereocenters. The van der Waals surface area contributed by atoms with E-state index in [1.165, 1.54) is 12.0 Å². The lowest BCUT2D eigenvalue weighted by Gasteiger charge is -2.29. The molecule has 1 spiro atoms. The Kier molecular flexibility index (Phi) is 5.47. The smallest absolute Gasteiger partial charge is 0.250 e. The van der Waals surface area contributed by atoms with Gasteiger partial charge >= 0.3 is 0 Å². The molecule has 5 rings (SSSR count). The Morgan fingerprint density at radius 2 is 1.80 bits per heavy atom. The zero-order valence-corrected chi connectivity index (χ0v) is 19.4. The van der Waals surface area contributed by atoms with Gasteiger partial charge in [-0.25, -0.2) is 0 Å². The van der Waals surface area contributed by atoms with Gasteiger partial charge in [-0.1, -0.05) is 24.3 Å². The highest BCUT2D eigenvalue weighted by atomic mass is 16.5. The van der Waals surface area contributed by atoms with E-state index < -0.39 is 47.0 Å². The predicted molar refractivity (Wildman–Crippen MR) is 124 cm³/mol. The van der Waals surface area contributed by atoms with Gasteiger partial charge in [0.25, 0.3) is 0 Å². The molecule has 0 aliphatic carbocycles. The van der Waals surface area contributed by atoms with Gasteiger partial charge in [-0.15, -0.1) is 0 Å². The number of benzene rings is 2. The molecule has 182 valence electrons. The highest BCUT2D eigenvalue weighted by Gasteiger charge is 2.70. The van der Waals surface area contributed by atoms with Crippen molar-refractivity contribution in [3.63, 3.8) is 0 Å². The first-order valence-corrected chi connectivity index (χ1v) is 11.3. The molecule has 3 aliphatic rings. The van der Waals surface area contributed by atoms with Crippen LogP contribution in [0.2, 0.25) is 0 Å². The van der Waals surface area contributed by atoms with Crippen LogP contribution < -0.4 is 25.8 Å². The average Bonchev–Trinajstić information content (AvgIpc) is 3.41. The zero-order valence-electron chi connectivity index (χ0n) is 19.4. The summed E-state index contributed by atoms with van der Waals surface area (Å²) in [6, 6.07) is 11.7. The maximum atomic E-state index is 13.7. The summed E-state index contributed by atoms with van der Waals surface area (Å²) >= 11 is 0. The van der Waals surface area contributed by atoms with Gasteiger partial charge in [-0.05, 0) is 30.2 Å². The number of nitrogens with one attached hydrogen (secondary N) is 2. The van der Waals surface area contributed by atoms with Gasteiger partial charge in [-0.3, -0.25) is 29.4 Å². The second kappa shape index (κ2) is 8.38. The fourth-order valence-electron chi connectivity index (χ4n) is 5.71. The van der Waals surface area contributed by atoms with E-state index >= 15 is 0 Å². The summed E-state index contributed by atoms with van der Waals surface area (Å²) in [5.74, 6) is -2.61. The minimum absolute atomic E-state index is 0.128. The quantitative estimate of drug-likeness (QED) is 0.494. The van der Waals surface area contributed by atoms with Gasteiger partial charge < -0.3 is 20.5 Å². The number of rotatable bonds is 7. The van der Waals surface area contributed by atoms with Crippen LogP contribution in [-0.2, 0) is 31.1 Å². The fourth-order valence-corrected chi connectivity index (χ4v) is 5.71. The van der Waals surface area contributed by atoms with E-state index in [1.807, 2.05) is 6.07 Å². The summed E-state index contributed by atoms with van der Waals surface area (Å²) in [4.78, 5) is 53.6. The largest absolute Gasteiger partial charge is 0.493 e. The molecule has 0 saturated carbocycles. The second-order valence-electron chi connectivity index (χ2n) is 9.00. The fraction of sp³-hybridized carbons (Fsp3) is 0.360. The van der Waals surface area contributed by atoms with Crippen molar-refractivity contribution in [2.24, 2.45) is 17.6 Å². The molecule has 35 heavy (non-hydrogen) atoms. The number of para-hydroxylation sites is 1. The average molecular weight is 479 g/mol. The van der Waals surface area contributed by atoms with Gasteiger partial charge in [0.2, 0.25) is 23.6 Å². The number of primary amides is 1. The van der Waals surface area contributed by atoms with Crippen molar-refractivity contribution in [2.75, 3.05) is 26.1 Å². The molecule has 2 aromatic carbocycles. The minimum Gasteiger partial charge on any atom is -0.493 e. The molecule has 2 saturated heterocycles. The number of imide groups is 1. The van der Waals surface area contributed by atoms with Crippen LogP contribution in [0.1, 0.15) is 17.5 Å². The summed E-state index contributed by atoms with van der Waals surface area (Å²) in [6.45, 7) is 0.128. The van der Waals surface area contributed by atoms with Gasteiger partial charge in [0.15, 0.2) is 11.5 Å². The van der Waals surface area contributed by atoms with Crippen LogP contribution in [0.15, 0.2) is 42.5 Å². The molecular weight excluding hydrogens is 452 g/mol. The number of carbonyl (C=O) groups is 4. The zero-order chi connectivity index (χ0) is 24.9. The molecule has 10 nitrogen and oxygen atoms in total. The Morgan fingerprint density at radius 3 is 2.51 bits per heavy atom. The number of nitrogens with zero attached hydrogens (tertiary/aromatic N) is 1. The lowest BCUT2D eigenvalue weighted by atomic mass is 9.76. The Hall–Kier alpha value is -3.92. The number of anilines is 1. The van der Waals surface area contributed by atoms with Gasteiger partial charge in [0.1, 0.15) is 5.54 Å². The van der Waals surface area contributed by atoms with Crippen molar-refractivity contribution in [3.8, 4) is 11.5 Å². The molecule has 4 N–H and O–H groups in total. The van der Waals surface area contributed by atoms with Crippen molar-refractivity contribution in [2.45, 2.75) is 24.4 Å². The third-order valence-corrected chi connectivity index (χ3v) is 7.21. The van der Waals surface area contributed by atoms with Crippen LogP contribution in [0.25, 0.3) is 0 Å². The Bertz CT molecular complexity index is 1250. The maximum Gasteiger partial charge on any atom is 0.250 e. The van der Waals surface area contributed by atoms with Gasteiger partial charge in [-0.2, -0.15) is 0 Å². The lowest BCUT2D eigenvalue weighted by molar-refractivity contribution is -0.142. The van der Waals surface area contributed by atoms with Crippen LogP contribution in [0, 0.1) is 11.8 Å². The number of methoxy groups -OCH3 is 2. The third kappa shape index (κ3) is 3.35. The monoisotopic (exact) mass is 478 g/mol. The number of likely N-dealkylation sites (tertiary alicyclic amines) is 1. The van der Waals surface area contributed by atoms with Crippen LogP contribution in [0.3, 0.4) is 0 Å². The van der Waals surface area contributed by atoms with E-state index in [0.717, 1.165) is 5.56 Å². The minimum atomic E-state index is -1.44. The topological polar surface area (TPSA) is 140 Å². The van der Waals surface area contributed by atoms with Crippen LogP contribution >= 0.6 is 0 Å². The van der Waals surface area contributed by atoms with Crippen molar-refractivity contribution in [1.82, 2.24) is 10.2 Å². The van der Waals surface area contributed by atoms with Crippen molar-refractivity contribution in [1.29, 1.82) is 0 Å². The highest BCUT2D eigenvalue weighted by Crippen LogP contribution is 2.53. The molecule has 4 atom stereocenters. The Labute approximate surface area is 201 Å². The Balaban J connectivity index is 1.48. The lowest BCUT2D eigenvalue weighted by Crippen LogP contribution is -2.53. The number of nitrogens with two attached hydrogens (primary N) is 1. The number of ether oxygens (including phenoxy) is 2. The summed E-state index contributed by atoms with van der Waals surface area (Å²) < 4.78 is 10.6. The van der Waals surface area contributed by atoms with Crippen molar-refractivity contribution >= 4 is 29.3 Å². The number of hydrogen-bond acceptors (Lipinski definition) is 7. The molecular formula is C25H26N4O6. The molecule has 4 amide bonds. The van der Waals surface area contributed by atoms with Gasteiger partial charge in [0, 0.05) is 30.3 Å². The van der Waals surface area contributed by atoms with Crippen LogP contribution in [-0.4, -0.2) is 55.3 Å². The molecule has 2 fully saturated rings. The van der Waals surface area contributed by atoms with E-state index in [4.69, 9.17) is 15.2 Å². The SMILES string of the molecule is COc1ccc(CCN2C(=O)C3C(CC(N)=O)NC4(C(=O)Nc5ccccc54)C3C2=O)cc1OC. The van der Waals surface area contributed by atoms with E-state index in [-0.39, 0.29) is 13.0 Å². The summed E-state index contributed by atoms with van der Waals surface area (Å²) in [5, 5.41) is 6.00. The summed E-state index contributed by atoms with van der Waals surface area (Å²) in [5.41, 5.74) is 6.04. The molecule has 2 aromatic rings. The molecule has 0 bridgehead atoms. The highest BCUT2D eigenvalue weighted by molar-refractivity contribution is 6.15. The third-order valence-electron chi connectivity index (χ3n) is 7.21. The number of hydrogen-bond donors (Lipinski definition) is 3. The number of amides is 4. The van der Waals surface area contributed by atoms with Crippen LogP contribution in [0.4, 0.5) is 5.69 Å². The van der Waals surface area contributed by atoms with E-state index in [9.17, 15) is 19.2 Å². The molecule has 0 aromatic heterocycles. The molecule has 0 radical (unpaired) electrons. The number of carbonyl (C=O) groups excluding carboxylic acids is 4. The van der Waals surface area contributed by atoms with E-state index in [1.54, 1.807) is 43.5 Å². The summed E-state index contributed by atoms with van der Waals surface area (Å²) in [7, 11) is 3.08. The first kappa shape index (κ1) is 22.9.